The highest BCUT2D eigenvalue weighted by molar-refractivity contribution is 9.10. The second kappa shape index (κ2) is 4.70. The van der Waals surface area contributed by atoms with E-state index in [1.807, 2.05) is 6.92 Å². The van der Waals surface area contributed by atoms with Gasteiger partial charge in [0.15, 0.2) is 0 Å². The Hall–Kier alpha value is -0.640. The van der Waals surface area contributed by atoms with Gasteiger partial charge in [-0.05, 0) is 48.1 Å². The largest absolute Gasteiger partial charge is 0.324 e. The summed E-state index contributed by atoms with van der Waals surface area (Å²) in [7, 11) is 0. The fraction of sp³-hybridized carbons (Fsp3) is 0.231. The van der Waals surface area contributed by atoms with Crippen LogP contribution in [-0.2, 0) is 0 Å². The molecule has 16 heavy (non-hydrogen) atoms. The van der Waals surface area contributed by atoms with Crippen molar-refractivity contribution in [1.82, 2.24) is 0 Å². The molecule has 0 aliphatic rings. The summed E-state index contributed by atoms with van der Waals surface area (Å²) in [4.78, 5) is 1.27. The third-order valence-electron chi connectivity index (χ3n) is 2.60. The third-order valence-corrected chi connectivity index (χ3v) is 4.45. The molecule has 0 aliphatic carbocycles. The minimum Gasteiger partial charge on any atom is -0.324 e. The number of hydrogen-bond donors (Lipinski definition) is 1. The van der Waals surface area contributed by atoms with Gasteiger partial charge in [-0.1, -0.05) is 28.1 Å². The summed E-state index contributed by atoms with van der Waals surface area (Å²) in [5.74, 6) is 0. The van der Waals surface area contributed by atoms with Crippen molar-refractivity contribution >= 4 is 27.3 Å². The highest BCUT2D eigenvalue weighted by atomic mass is 79.9. The quantitative estimate of drug-likeness (QED) is 0.867. The molecule has 0 aliphatic heterocycles. The normalized spacial score (nSPS) is 12.8. The molecule has 1 atom stereocenters. The number of benzene rings is 1. The Morgan fingerprint density at radius 3 is 2.62 bits per heavy atom. The molecule has 2 rings (SSSR count). The van der Waals surface area contributed by atoms with Crippen LogP contribution in [0.5, 0.6) is 0 Å². The number of thiophene rings is 1. The maximum absolute atomic E-state index is 5.86. The van der Waals surface area contributed by atoms with Gasteiger partial charge in [0.2, 0.25) is 0 Å². The SMILES string of the molecule is Cc1ccc(-c2cc(C(C)N)cs2)cc1Br. The average Bonchev–Trinajstić information content (AvgIpc) is 2.71. The van der Waals surface area contributed by atoms with E-state index in [0.717, 1.165) is 4.47 Å². The highest BCUT2D eigenvalue weighted by Crippen LogP contribution is 2.31. The fourth-order valence-corrected chi connectivity index (χ4v) is 2.88. The first kappa shape index (κ1) is 11.8. The predicted molar refractivity (Wildman–Crippen MR) is 74.8 cm³/mol. The summed E-state index contributed by atoms with van der Waals surface area (Å²) in [6.07, 6.45) is 0. The van der Waals surface area contributed by atoms with Gasteiger partial charge in [-0.15, -0.1) is 11.3 Å². The molecule has 0 radical (unpaired) electrons. The van der Waals surface area contributed by atoms with Gasteiger partial charge in [0.1, 0.15) is 0 Å². The van der Waals surface area contributed by atoms with Crippen LogP contribution >= 0.6 is 27.3 Å². The molecule has 1 heterocycles. The van der Waals surface area contributed by atoms with Crippen molar-refractivity contribution in [1.29, 1.82) is 0 Å². The lowest BCUT2D eigenvalue weighted by molar-refractivity contribution is 0.823. The summed E-state index contributed by atoms with van der Waals surface area (Å²) in [5.41, 5.74) is 9.56. The summed E-state index contributed by atoms with van der Waals surface area (Å²) in [6.45, 7) is 4.10. The number of nitrogens with two attached hydrogens (primary N) is 1. The van der Waals surface area contributed by atoms with Crippen LogP contribution in [0.15, 0.2) is 34.1 Å². The van der Waals surface area contributed by atoms with Crippen molar-refractivity contribution in [2.75, 3.05) is 0 Å². The fourth-order valence-electron chi connectivity index (χ4n) is 1.49. The van der Waals surface area contributed by atoms with Crippen molar-refractivity contribution in [3.05, 3.63) is 45.2 Å². The Balaban J connectivity index is 2.39. The van der Waals surface area contributed by atoms with E-state index >= 15 is 0 Å². The van der Waals surface area contributed by atoms with Crippen molar-refractivity contribution in [3.8, 4) is 10.4 Å². The topological polar surface area (TPSA) is 26.0 Å². The minimum absolute atomic E-state index is 0.110. The van der Waals surface area contributed by atoms with Crippen molar-refractivity contribution in [3.63, 3.8) is 0 Å². The van der Waals surface area contributed by atoms with Crippen LogP contribution in [-0.4, -0.2) is 0 Å². The molecule has 0 saturated carbocycles. The maximum atomic E-state index is 5.86. The Kier molecular flexibility index (Phi) is 3.47. The van der Waals surface area contributed by atoms with Gasteiger partial charge in [-0.25, -0.2) is 0 Å². The Bertz CT molecular complexity index is 502. The smallest absolute Gasteiger partial charge is 0.0346 e. The van der Waals surface area contributed by atoms with E-state index in [1.165, 1.54) is 21.6 Å². The van der Waals surface area contributed by atoms with E-state index in [4.69, 9.17) is 5.73 Å². The molecule has 1 aromatic carbocycles. The van der Waals surface area contributed by atoms with Gasteiger partial charge in [-0.2, -0.15) is 0 Å². The van der Waals surface area contributed by atoms with E-state index in [0.29, 0.717) is 0 Å². The molecule has 0 spiro atoms. The molecule has 1 unspecified atom stereocenters. The highest BCUT2D eigenvalue weighted by Gasteiger charge is 2.06. The van der Waals surface area contributed by atoms with Crippen molar-refractivity contribution < 1.29 is 0 Å². The molecule has 84 valence electrons. The van der Waals surface area contributed by atoms with Gasteiger partial charge in [0.25, 0.3) is 0 Å². The van der Waals surface area contributed by atoms with E-state index in [1.54, 1.807) is 11.3 Å². The summed E-state index contributed by atoms with van der Waals surface area (Å²) in [6, 6.07) is 8.72. The van der Waals surface area contributed by atoms with Crippen molar-refractivity contribution in [2.45, 2.75) is 19.9 Å². The molecule has 3 heteroatoms. The number of hydrogen-bond acceptors (Lipinski definition) is 2. The Morgan fingerprint density at radius 1 is 1.31 bits per heavy atom. The van der Waals surface area contributed by atoms with Gasteiger partial charge < -0.3 is 5.73 Å². The first-order chi connectivity index (χ1) is 7.58. The van der Waals surface area contributed by atoms with Crippen LogP contribution < -0.4 is 5.73 Å². The molecule has 2 N–H and O–H groups in total. The van der Waals surface area contributed by atoms with Gasteiger partial charge >= 0.3 is 0 Å². The monoisotopic (exact) mass is 295 g/mol. The third kappa shape index (κ3) is 2.37. The molecular formula is C13H14BrNS. The minimum atomic E-state index is 0.110. The van der Waals surface area contributed by atoms with Crippen LogP contribution in [0.3, 0.4) is 0 Å². The lowest BCUT2D eigenvalue weighted by Crippen LogP contribution is -2.02. The average molecular weight is 296 g/mol. The zero-order valence-corrected chi connectivity index (χ0v) is 11.7. The van der Waals surface area contributed by atoms with Gasteiger partial charge in [-0.3, -0.25) is 0 Å². The molecule has 0 amide bonds. The van der Waals surface area contributed by atoms with Crippen LogP contribution in [0.2, 0.25) is 0 Å². The summed E-state index contributed by atoms with van der Waals surface area (Å²) < 4.78 is 1.15. The number of halogens is 1. The van der Waals surface area contributed by atoms with Gasteiger partial charge in [0.05, 0.1) is 0 Å². The van der Waals surface area contributed by atoms with E-state index < -0.39 is 0 Å². The maximum Gasteiger partial charge on any atom is 0.0346 e. The molecule has 2 aromatic rings. The lowest BCUT2D eigenvalue weighted by atomic mass is 10.1. The van der Waals surface area contributed by atoms with E-state index in [9.17, 15) is 0 Å². The number of aryl methyl sites for hydroxylation is 1. The van der Waals surface area contributed by atoms with Crippen LogP contribution in [0.4, 0.5) is 0 Å². The summed E-state index contributed by atoms with van der Waals surface area (Å²) >= 11 is 5.30. The first-order valence-electron chi connectivity index (χ1n) is 5.18. The van der Waals surface area contributed by atoms with Crippen LogP contribution in [0.1, 0.15) is 24.1 Å². The molecule has 0 saturated heterocycles. The second-order valence-electron chi connectivity index (χ2n) is 4.00. The lowest BCUT2D eigenvalue weighted by Gasteiger charge is -2.02. The summed E-state index contributed by atoms with van der Waals surface area (Å²) in [5, 5.41) is 2.13. The molecular weight excluding hydrogens is 282 g/mol. The molecule has 1 aromatic heterocycles. The van der Waals surface area contributed by atoms with Crippen LogP contribution in [0, 0.1) is 6.92 Å². The second-order valence-corrected chi connectivity index (χ2v) is 5.76. The molecule has 0 fully saturated rings. The van der Waals surface area contributed by atoms with Gasteiger partial charge in [0, 0.05) is 15.4 Å². The predicted octanol–water partition coefficient (Wildman–Crippen LogP) is 4.51. The zero-order chi connectivity index (χ0) is 11.7. The Labute approximate surface area is 108 Å². The first-order valence-corrected chi connectivity index (χ1v) is 6.85. The van der Waals surface area contributed by atoms with E-state index in [-0.39, 0.29) is 6.04 Å². The van der Waals surface area contributed by atoms with Crippen LogP contribution in [0.25, 0.3) is 10.4 Å². The Morgan fingerprint density at radius 2 is 2.06 bits per heavy atom. The molecule has 1 nitrogen and oxygen atoms in total. The van der Waals surface area contributed by atoms with Crippen molar-refractivity contribution in [2.24, 2.45) is 5.73 Å². The zero-order valence-electron chi connectivity index (χ0n) is 9.33. The standard InChI is InChI=1S/C13H14BrNS/c1-8-3-4-10(5-12(8)14)13-6-11(7-16-13)9(2)15/h3-7,9H,15H2,1-2H3. The molecule has 0 bridgehead atoms. The van der Waals surface area contributed by atoms with E-state index in [2.05, 4.69) is 52.5 Å². The number of rotatable bonds is 2.